The van der Waals surface area contributed by atoms with Gasteiger partial charge in [0.2, 0.25) is 0 Å². The SMILES string of the molecule is Cc1cc(-c2ccnc(-n3ncc(C(=O)NC(c4cccnc4)C(F)(F)F)c3C)n2)c(C)s1. The summed E-state index contributed by atoms with van der Waals surface area (Å²) in [4.78, 5) is 27.5. The molecule has 0 aromatic carbocycles. The van der Waals surface area contributed by atoms with Crippen molar-refractivity contribution in [1.29, 1.82) is 0 Å². The minimum atomic E-state index is -4.70. The largest absolute Gasteiger partial charge is 0.412 e. The molecule has 0 fully saturated rings. The molecule has 0 aliphatic heterocycles. The molecule has 0 aliphatic carbocycles. The lowest BCUT2D eigenvalue weighted by molar-refractivity contribution is -0.155. The lowest BCUT2D eigenvalue weighted by Gasteiger charge is -2.21. The van der Waals surface area contributed by atoms with Gasteiger partial charge in [0, 0.05) is 39.5 Å². The van der Waals surface area contributed by atoms with Gasteiger partial charge in [-0.1, -0.05) is 6.07 Å². The molecule has 1 N–H and O–H groups in total. The van der Waals surface area contributed by atoms with Gasteiger partial charge in [-0.25, -0.2) is 14.6 Å². The second-order valence-corrected chi connectivity index (χ2v) is 8.82. The van der Waals surface area contributed by atoms with E-state index in [0.717, 1.165) is 21.5 Å². The smallest absolute Gasteiger partial charge is 0.337 e. The molecule has 0 bridgehead atoms. The average molecular weight is 472 g/mol. The first-order valence-electron chi connectivity index (χ1n) is 9.88. The highest BCUT2D eigenvalue weighted by Crippen LogP contribution is 2.33. The molecule has 0 radical (unpaired) electrons. The van der Waals surface area contributed by atoms with Gasteiger partial charge in [-0.2, -0.15) is 18.3 Å². The number of aromatic nitrogens is 5. The van der Waals surface area contributed by atoms with Crippen LogP contribution in [-0.2, 0) is 0 Å². The number of alkyl halides is 3. The molecule has 0 aliphatic rings. The summed E-state index contributed by atoms with van der Waals surface area (Å²) in [6.07, 6.45) is 0.517. The van der Waals surface area contributed by atoms with Crippen molar-refractivity contribution in [3.8, 4) is 17.2 Å². The number of pyridine rings is 1. The van der Waals surface area contributed by atoms with E-state index in [4.69, 9.17) is 0 Å². The molecule has 33 heavy (non-hydrogen) atoms. The maximum absolute atomic E-state index is 13.6. The number of thiophene rings is 1. The van der Waals surface area contributed by atoms with Crippen LogP contribution in [0.15, 0.2) is 49.1 Å². The van der Waals surface area contributed by atoms with Crippen LogP contribution in [0.3, 0.4) is 0 Å². The molecule has 0 saturated carbocycles. The second kappa shape index (κ2) is 8.74. The highest BCUT2D eigenvalue weighted by Gasteiger charge is 2.42. The van der Waals surface area contributed by atoms with Gasteiger partial charge < -0.3 is 5.32 Å². The quantitative estimate of drug-likeness (QED) is 0.453. The standard InChI is InChI=1S/C22H19F3N6OS/c1-12-9-16(14(3)33-12)18-6-8-27-21(29-18)31-13(2)17(11-28-31)20(32)30-19(22(23,24)25)15-5-4-7-26-10-15/h4-11,19H,1-3H3,(H,30,32). The monoisotopic (exact) mass is 472 g/mol. The summed E-state index contributed by atoms with van der Waals surface area (Å²) in [6, 6.07) is 4.23. The van der Waals surface area contributed by atoms with Crippen LogP contribution in [0.25, 0.3) is 17.2 Å². The Balaban J connectivity index is 1.63. The molecule has 7 nitrogen and oxygen atoms in total. The molecular formula is C22H19F3N6OS. The van der Waals surface area contributed by atoms with E-state index in [-0.39, 0.29) is 17.1 Å². The van der Waals surface area contributed by atoms with E-state index < -0.39 is 18.1 Å². The molecule has 170 valence electrons. The summed E-state index contributed by atoms with van der Waals surface area (Å²) in [6.45, 7) is 5.58. The number of nitrogens with zero attached hydrogens (tertiary/aromatic N) is 5. The molecule has 1 atom stereocenters. The van der Waals surface area contributed by atoms with Crippen molar-refractivity contribution in [1.82, 2.24) is 30.0 Å². The summed E-state index contributed by atoms with van der Waals surface area (Å²) >= 11 is 1.65. The molecule has 4 heterocycles. The van der Waals surface area contributed by atoms with Crippen molar-refractivity contribution in [3.05, 3.63) is 75.6 Å². The molecule has 4 rings (SSSR count). The van der Waals surface area contributed by atoms with Crippen molar-refractivity contribution in [2.24, 2.45) is 0 Å². The number of carbonyl (C=O) groups is 1. The number of aryl methyl sites for hydroxylation is 2. The molecule has 11 heteroatoms. The Morgan fingerprint density at radius 2 is 1.94 bits per heavy atom. The van der Waals surface area contributed by atoms with Gasteiger partial charge in [0.15, 0.2) is 6.04 Å². The number of amides is 1. The van der Waals surface area contributed by atoms with Crippen LogP contribution in [0.4, 0.5) is 13.2 Å². The first-order valence-corrected chi connectivity index (χ1v) is 10.7. The molecular weight excluding hydrogens is 453 g/mol. The van der Waals surface area contributed by atoms with E-state index >= 15 is 0 Å². The number of hydrogen-bond acceptors (Lipinski definition) is 6. The third-order valence-electron chi connectivity index (χ3n) is 5.02. The predicted octanol–water partition coefficient (Wildman–Crippen LogP) is 4.74. The summed E-state index contributed by atoms with van der Waals surface area (Å²) in [5, 5.41) is 6.20. The Labute approximate surface area is 191 Å². The average Bonchev–Trinajstić information content (AvgIpc) is 3.33. The van der Waals surface area contributed by atoms with Crippen LogP contribution in [-0.4, -0.2) is 36.8 Å². The molecule has 4 aromatic heterocycles. The van der Waals surface area contributed by atoms with Crippen LogP contribution in [0, 0.1) is 20.8 Å². The number of nitrogens with one attached hydrogen (secondary N) is 1. The zero-order chi connectivity index (χ0) is 23.8. The second-order valence-electron chi connectivity index (χ2n) is 7.36. The highest BCUT2D eigenvalue weighted by molar-refractivity contribution is 7.12. The Kier molecular flexibility index (Phi) is 5.98. The van der Waals surface area contributed by atoms with Crippen molar-refractivity contribution in [3.63, 3.8) is 0 Å². The fourth-order valence-electron chi connectivity index (χ4n) is 3.43. The number of rotatable bonds is 5. The van der Waals surface area contributed by atoms with Gasteiger partial charge in [-0.05, 0) is 39.0 Å². The number of hydrogen-bond donors (Lipinski definition) is 1. The zero-order valence-corrected chi connectivity index (χ0v) is 18.7. The van der Waals surface area contributed by atoms with E-state index in [2.05, 4.69) is 20.1 Å². The van der Waals surface area contributed by atoms with Crippen LogP contribution < -0.4 is 5.32 Å². The normalized spacial score (nSPS) is 12.5. The van der Waals surface area contributed by atoms with Crippen LogP contribution in [0.5, 0.6) is 0 Å². The maximum Gasteiger partial charge on any atom is 0.412 e. The van der Waals surface area contributed by atoms with Gasteiger partial charge in [-0.3, -0.25) is 9.78 Å². The number of carbonyl (C=O) groups excluding carboxylic acids is 1. The minimum Gasteiger partial charge on any atom is -0.337 e. The Morgan fingerprint density at radius 3 is 2.58 bits per heavy atom. The fraction of sp³-hybridized carbons (Fsp3) is 0.227. The van der Waals surface area contributed by atoms with Crippen LogP contribution in [0.2, 0.25) is 0 Å². The van der Waals surface area contributed by atoms with Crippen molar-refractivity contribution >= 4 is 17.2 Å². The lowest BCUT2D eigenvalue weighted by Crippen LogP contribution is -2.38. The summed E-state index contributed by atoms with van der Waals surface area (Å²) < 4.78 is 42.2. The Morgan fingerprint density at radius 1 is 1.15 bits per heavy atom. The topological polar surface area (TPSA) is 85.6 Å². The summed E-state index contributed by atoms with van der Waals surface area (Å²) in [7, 11) is 0. The molecule has 0 spiro atoms. The van der Waals surface area contributed by atoms with E-state index in [1.165, 1.54) is 29.2 Å². The molecule has 0 saturated heterocycles. The van der Waals surface area contributed by atoms with E-state index in [0.29, 0.717) is 11.4 Å². The first-order chi connectivity index (χ1) is 15.6. The Hall–Kier alpha value is -3.60. The van der Waals surface area contributed by atoms with Gasteiger partial charge >= 0.3 is 6.18 Å². The molecule has 4 aromatic rings. The van der Waals surface area contributed by atoms with E-state index in [1.54, 1.807) is 30.5 Å². The lowest BCUT2D eigenvalue weighted by atomic mass is 10.1. The van der Waals surface area contributed by atoms with Crippen molar-refractivity contribution in [2.45, 2.75) is 33.0 Å². The molecule has 1 amide bonds. The third kappa shape index (κ3) is 4.63. The first kappa shape index (κ1) is 22.6. The molecule has 1 unspecified atom stereocenters. The number of halogens is 3. The fourth-order valence-corrected chi connectivity index (χ4v) is 4.36. The van der Waals surface area contributed by atoms with Crippen LogP contribution in [0.1, 0.15) is 37.4 Å². The maximum atomic E-state index is 13.6. The summed E-state index contributed by atoms with van der Waals surface area (Å²) in [5.41, 5.74) is 1.80. The third-order valence-corrected chi connectivity index (χ3v) is 5.99. The van der Waals surface area contributed by atoms with Crippen molar-refractivity contribution < 1.29 is 18.0 Å². The van der Waals surface area contributed by atoms with E-state index in [1.807, 2.05) is 25.2 Å². The zero-order valence-electron chi connectivity index (χ0n) is 17.9. The van der Waals surface area contributed by atoms with Crippen LogP contribution >= 0.6 is 11.3 Å². The van der Waals surface area contributed by atoms with Gasteiger partial charge in [0.25, 0.3) is 11.9 Å². The highest BCUT2D eigenvalue weighted by atomic mass is 32.1. The Bertz CT molecular complexity index is 1300. The van der Waals surface area contributed by atoms with Gasteiger partial charge in [-0.15, -0.1) is 11.3 Å². The van der Waals surface area contributed by atoms with Gasteiger partial charge in [0.1, 0.15) is 0 Å². The summed E-state index contributed by atoms with van der Waals surface area (Å²) in [5.74, 6) is -0.697. The predicted molar refractivity (Wildman–Crippen MR) is 117 cm³/mol. The van der Waals surface area contributed by atoms with E-state index in [9.17, 15) is 18.0 Å². The minimum absolute atomic E-state index is 0.00954. The van der Waals surface area contributed by atoms with Gasteiger partial charge in [0.05, 0.1) is 23.1 Å². The van der Waals surface area contributed by atoms with Crippen molar-refractivity contribution in [2.75, 3.05) is 0 Å².